The van der Waals surface area contributed by atoms with Gasteiger partial charge in [0, 0.05) is 22.7 Å². The maximum Gasteiger partial charge on any atom is 0.294 e. The van der Waals surface area contributed by atoms with E-state index in [0.717, 1.165) is 41.1 Å². The molecular formula is C18H15I3O4S. The van der Waals surface area contributed by atoms with Crippen LogP contribution in [0, 0.1) is 10.7 Å². The summed E-state index contributed by atoms with van der Waals surface area (Å²) in [6, 6.07) is 7.04. The van der Waals surface area contributed by atoms with Crippen molar-refractivity contribution in [2.75, 3.05) is 0 Å². The fourth-order valence-corrected chi connectivity index (χ4v) is 6.58. The van der Waals surface area contributed by atoms with Crippen molar-refractivity contribution in [2.45, 2.75) is 37.0 Å². The Morgan fingerprint density at radius 1 is 1.04 bits per heavy atom. The molecule has 0 saturated carbocycles. The van der Waals surface area contributed by atoms with Crippen molar-refractivity contribution < 1.29 is 17.8 Å². The summed E-state index contributed by atoms with van der Waals surface area (Å²) in [5.41, 5.74) is 3.15. The molecule has 4 nitrogen and oxygen atoms in total. The van der Waals surface area contributed by atoms with Crippen molar-refractivity contribution in [2.24, 2.45) is 0 Å². The average Bonchev–Trinajstić information content (AvgIpc) is 2.57. The van der Waals surface area contributed by atoms with Crippen LogP contribution in [0.1, 0.15) is 39.9 Å². The zero-order chi connectivity index (χ0) is 19.1. The third-order valence-electron chi connectivity index (χ3n) is 4.51. The number of halogens is 3. The number of rotatable bonds is 4. The lowest BCUT2D eigenvalue weighted by Crippen LogP contribution is -2.15. The second-order valence-corrected chi connectivity index (χ2v) is 11.1. The van der Waals surface area contributed by atoms with Crippen LogP contribution >= 0.6 is 67.8 Å². The van der Waals surface area contributed by atoms with Crippen LogP contribution in [0.2, 0.25) is 0 Å². The molecule has 3 rings (SSSR count). The lowest BCUT2D eigenvalue weighted by atomic mass is 9.86. The lowest BCUT2D eigenvalue weighted by molar-refractivity contribution is 0.0991. The van der Waals surface area contributed by atoms with Gasteiger partial charge in [-0.05, 0) is 128 Å². The second-order valence-electron chi connectivity index (χ2n) is 6.21. The first-order valence-electron chi connectivity index (χ1n) is 7.97. The zero-order valence-corrected chi connectivity index (χ0v) is 20.8. The minimum atomic E-state index is -4.25. The van der Waals surface area contributed by atoms with Gasteiger partial charge in [0.2, 0.25) is 0 Å². The fourth-order valence-electron chi connectivity index (χ4n) is 3.34. The first kappa shape index (κ1) is 20.9. The van der Waals surface area contributed by atoms with E-state index >= 15 is 0 Å². The van der Waals surface area contributed by atoms with Crippen molar-refractivity contribution in [1.82, 2.24) is 0 Å². The number of hydrogen-bond acceptors (Lipinski definition) is 3. The Hall–Kier alpha value is 0.210. The SMILES string of the molecule is O=C(Cc1ccc(S(=O)(=O)O)c2c1CCCC2)c1cc(I)cc(I)c1I. The molecule has 1 aliphatic rings. The largest absolute Gasteiger partial charge is 0.294 e. The van der Waals surface area contributed by atoms with Gasteiger partial charge in [0.15, 0.2) is 5.78 Å². The van der Waals surface area contributed by atoms with Crippen LogP contribution in [0.25, 0.3) is 0 Å². The molecule has 138 valence electrons. The molecule has 0 unspecified atom stereocenters. The number of benzene rings is 2. The molecule has 0 heterocycles. The summed E-state index contributed by atoms with van der Waals surface area (Å²) in [4.78, 5) is 12.9. The number of ketones is 1. The number of carbonyl (C=O) groups excluding carboxylic acids is 1. The van der Waals surface area contributed by atoms with Crippen LogP contribution in [0.3, 0.4) is 0 Å². The minimum absolute atomic E-state index is 0.0122. The Morgan fingerprint density at radius 2 is 1.69 bits per heavy atom. The number of fused-ring (bicyclic) bond motifs is 1. The third-order valence-corrected chi connectivity index (χ3v) is 9.12. The molecule has 1 aliphatic carbocycles. The Bertz CT molecular complexity index is 1000. The van der Waals surface area contributed by atoms with E-state index in [1.807, 2.05) is 12.1 Å². The van der Waals surface area contributed by atoms with Gasteiger partial charge in [-0.15, -0.1) is 0 Å². The van der Waals surface area contributed by atoms with E-state index in [9.17, 15) is 17.8 Å². The summed E-state index contributed by atoms with van der Waals surface area (Å²) < 4.78 is 35.8. The summed E-state index contributed by atoms with van der Waals surface area (Å²) in [5.74, 6) is 0.0261. The van der Waals surface area contributed by atoms with Gasteiger partial charge in [-0.1, -0.05) is 6.07 Å². The molecule has 0 saturated heterocycles. The monoisotopic (exact) mass is 708 g/mol. The summed E-state index contributed by atoms with van der Waals surface area (Å²) >= 11 is 6.63. The van der Waals surface area contributed by atoms with Gasteiger partial charge in [0.05, 0.1) is 4.90 Å². The van der Waals surface area contributed by atoms with Crippen molar-refractivity contribution >= 4 is 83.7 Å². The highest BCUT2D eigenvalue weighted by Crippen LogP contribution is 2.31. The molecule has 0 aromatic heterocycles. The highest BCUT2D eigenvalue weighted by atomic mass is 127. The van der Waals surface area contributed by atoms with Crippen LogP contribution in [0.15, 0.2) is 29.2 Å². The van der Waals surface area contributed by atoms with E-state index in [1.165, 1.54) is 6.07 Å². The first-order chi connectivity index (χ1) is 12.2. The zero-order valence-electron chi connectivity index (χ0n) is 13.6. The third kappa shape index (κ3) is 4.44. The Labute approximate surface area is 193 Å². The molecule has 2 aromatic carbocycles. The van der Waals surface area contributed by atoms with Crippen LogP contribution in [-0.2, 0) is 29.4 Å². The molecular weight excluding hydrogens is 693 g/mol. The Balaban J connectivity index is 2.02. The van der Waals surface area contributed by atoms with Gasteiger partial charge in [0.1, 0.15) is 0 Å². The molecule has 0 fully saturated rings. The fraction of sp³-hybridized carbons (Fsp3) is 0.278. The highest BCUT2D eigenvalue weighted by molar-refractivity contribution is 14.1. The molecule has 0 radical (unpaired) electrons. The summed E-state index contributed by atoms with van der Waals surface area (Å²) in [6.07, 6.45) is 3.44. The van der Waals surface area contributed by atoms with E-state index in [4.69, 9.17) is 0 Å². The number of hydrogen-bond donors (Lipinski definition) is 1. The molecule has 0 spiro atoms. The second kappa shape index (κ2) is 8.29. The van der Waals surface area contributed by atoms with Crippen LogP contribution in [-0.4, -0.2) is 18.8 Å². The highest BCUT2D eigenvalue weighted by Gasteiger charge is 2.24. The van der Waals surface area contributed by atoms with Crippen molar-refractivity contribution in [3.63, 3.8) is 0 Å². The summed E-state index contributed by atoms with van der Waals surface area (Å²) in [6.45, 7) is 0. The minimum Gasteiger partial charge on any atom is -0.294 e. The van der Waals surface area contributed by atoms with Gasteiger partial charge in [-0.2, -0.15) is 8.42 Å². The van der Waals surface area contributed by atoms with E-state index in [0.29, 0.717) is 17.5 Å². The first-order valence-corrected chi connectivity index (χ1v) is 12.6. The van der Waals surface area contributed by atoms with Gasteiger partial charge in [-0.3, -0.25) is 9.35 Å². The molecule has 2 aromatic rings. The normalized spacial score (nSPS) is 14.2. The van der Waals surface area contributed by atoms with Gasteiger partial charge >= 0.3 is 0 Å². The molecule has 1 N–H and O–H groups in total. The van der Waals surface area contributed by atoms with Gasteiger partial charge < -0.3 is 0 Å². The van der Waals surface area contributed by atoms with E-state index in [2.05, 4.69) is 67.8 Å². The van der Waals surface area contributed by atoms with Crippen LogP contribution < -0.4 is 0 Å². The van der Waals surface area contributed by atoms with E-state index in [-0.39, 0.29) is 17.1 Å². The maximum atomic E-state index is 12.9. The molecule has 0 atom stereocenters. The maximum absolute atomic E-state index is 12.9. The smallest absolute Gasteiger partial charge is 0.294 e. The van der Waals surface area contributed by atoms with Crippen LogP contribution in [0.5, 0.6) is 0 Å². The van der Waals surface area contributed by atoms with Crippen molar-refractivity contribution in [1.29, 1.82) is 0 Å². The Morgan fingerprint density at radius 3 is 2.35 bits per heavy atom. The molecule has 8 heteroatoms. The predicted octanol–water partition coefficient (Wildman–Crippen LogP) is 5.05. The van der Waals surface area contributed by atoms with Gasteiger partial charge in [-0.25, -0.2) is 0 Å². The van der Waals surface area contributed by atoms with Crippen LogP contribution in [0.4, 0.5) is 0 Å². The van der Waals surface area contributed by atoms with E-state index < -0.39 is 10.1 Å². The standard InChI is InChI=1S/C18H15I3O4S/c19-11-8-14(18(21)15(20)9-11)16(22)7-10-5-6-17(26(23,24)25)13-4-2-1-3-12(10)13/h5-6,8-9H,1-4,7H2,(H,23,24,25). The molecule has 0 bridgehead atoms. The van der Waals surface area contributed by atoms with E-state index in [1.54, 1.807) is 6.07 Å². The molecule has 0 amide bonds. The predicted molar refractivity (Wildman–Crippen MR) is 126 cm³/mol. The van der Waals surface area contributed by atoms with Crippen molar-refractivity contribution in [3.05, 3.63) is 57.2 Å². The molecule has 0 aliphatic heterocycles. The quantitative estimate of drug-likeness (QED) is 0.209. The average molecular weight is 708 g/mol. The number of carbonyl (C=O) groups is 1. The lowest BCUT2D eigenvalue weighted by Gasteiger charge is -2.21. The number of Topliss-reactive ketones (excluding diaryl/α,β-unsaturated/α-hetero) is 1. The topological polar surface area (TPSA) is 71.4 Å². The van der Waals surface area contributed by atoms with Crippen molar-refractivity contribution in [3.8, 4) is 0 Å². The molecule has 26 heavy (non-hydrogen) atoms. The van der Waals surface area contributed by atoms with Gasteiger partial charge in [0.25, 0.3) is 10.1 Å². The summed E-state index contributed by atoms with van der Waals surface area (Å²) in [7, 11) is -4.25. The Kier molecular flexibility index (Phi) is 6.68. The summed E-state index contributed by atoms with van der Waals surface area (Å²) in [5, 5.41) is 0.